The second-order valence-electron chi connectivity index (χ2n) is 5.87. The van der Waals surface area contributed by atoms with Gasteiger partial charge in [0.05, 0.1) is 5.69 Å². The van der Waals surface area contributed by atoms with Crippen LogP contribution in [0.2, 0.25) is 0 Å². The van der Waals surface area contributed by atoms with Crippen molar-refractivity contribution in [2.24, 2.45) is 0 Å². The first-order valence-corrected chi connectivity index (χ1v) is 8.92. The van der Waals surface area contributed by atoms with Crippen LogP contribution in [0.25, 0.3) is 11.3 Å². The summed E-state index contributed by atoms with van der Waals surface area (Å²) in [6.45, 7) is 4.82. The van der Waals surface area contributed by atoms with Gasteiger partial charge in [-0.2, -0.15) is 0 Å². The first kappa shape index (κ1) is 15.8. The van der Waals surface area contributed by atoms with E-state index in [2.05, 4.69) is 20.0 Å². The van der Waals surface area contributed by atoms with Crippen LogP contribution in [-0.2, 0) is 0 Å². The van der Waals surface area contributed by atoms with Crippen molar-refractivity contribution in [1.82, 2.24) is 20.0 Å². The van der Waals surface area contributed by atoms with Crippen LogP contribution in [-0.4, -0.2) is 52.1 Å². The lowest BCUT2D eigenvalue weighted by atomic mass is 10.2. The van der Waals surface area contributed by atoms with Gasteiger partial charge in [-0.1, -0.05) is 5.16 Å². The molecule has 4 heterocycles. The molecule has 1 aliphatic rings. The lowest BCUT2D eigenvalue weighted by Crippen LogP contribution is -2.48. The zero-order valence-corrected chi connectivity index (χ0v) is 14.6. The molecule has 1 aliphatic heterocycles. The van der Waals surface area contributed by atoms with E-state index in [1.54, 1.807) is 29.8 Å². The van der Waals surface area contributed by atoms with E-state index < -0.39 is 0 Å². The van der Waals surface area contributed by atoms with E-state index in [1.165, 1.54) is 0 Å². The van der Waals surface area contributed by atoms with E-state index in [9.17, 15) is 4.79 Å². The number of piperazine rings is 1. The number of rotatable bonds is 3. The number of nitrogens with zero attached hydrogens (tertiary/aromatic N) is 5. The third-order valence-corrected chi connectivity index (χ3v) is 5.14. The van der Waals surface area contributed by atoms with Gasteiger partial charge >= 0.3 is 0 Å². The number of aryl methyl sites for hydroxylation is 1. The van der Waals surface area contributed by atoms with Crippen LogP contribution < -0.4 is 4.90 Å². The molecule has 3 aromatic rings. The number of carbonyl (C=O) groups is 1. The van der Waals surface area contributed by atoms with Crippen molar-refractivity contribution in [3.05, 3.63) is 47.4 Å². The fourth-order valence-corrected chi connectivity index (χ4v) is 3.63. The Kier molecular flexibility index (Phi) is 4.19. The summed E-state index contributed by atoms with van der Waals surface area (Å²) in [5.74, 6) is 0.446. The number of carbonyl (C=O) groups excluding carboxylic acids is 1. The Morgan fingerprint density at radius 1 is 1.28 bits per heavy atom. The van der Waals surface area contributed by atoms with Crippen LogP contribution in [0.1, 0.15) is 16.2 Å². The minimum absolute atomic E-state index is 0.103. The average Bonchev–Trinajstić information content (AvgIpc) is 3.31. The summed E-state index contributed by atoms with van der Waals surface area (Å²) in [6, 6.07) is 5.37. The molecule has 25 heavy (non-hydrogen) atoms. The van der Waals surface area contributed by atoms with Crippen molar-refractivity contribution in [3.63, 3.8) is 0 Å². The third-order valence-electron chi connectivity index (χ3n) is 4.12. The normalized spacial score (nSPS) is 14.8. The summed E-state index contributed by atoms with van der Waals surface area (Å²) in [4.78, 5) is 25.2. The van der Waals surface area contributed by atoms with Gasteiger partial charge in [0.1, 0.15) is 0 Å². The van der Waals surface area contributed by atoms with Crippen molar-refractivity contribution < 1.29 is 9.32 Å². The molecule has 1 fully saturated rings. The first-order chi connectivity index (χ1) is 12.2. The third kappa shape index (κ3) is 3.25. The molecule has 4 rings (SSSR count). The second-order valence-corrected chi connectivity index (χ2v) is 6.71. The number of thiazole rings is 1. The monoisotopic (exact) mass is 355 g/mol. The van der Waals surface area contributed by atoms with E-state index in [1.807, 2.05) is 29.3 Å². The molecule has 0 radical (unpaired) electrons. The van der Waals surface area contributed by atoms with Crippen LogP contribution in [0.15, 0.2) is 40.5 Å². The SMILES string of the molecule is Cc1csc(N2CCN(C(=O)c3cc(-c4cccnc4)on3)CC2)n1. The van der Waals surface area contributed by atoms with E-state index in [-0.39, 0.29) is 5.91 Å². The minimum atomic E-state index is -0.103. The topological polar surface area (TPSA) is 75.4 Å². The van der Waals surface area contributed by atoms with Crippen molar-refractivity contribution in [2.45, 2.75) is 6.92 Å². The van der Waals surface area contributed by atoms with Gasteiger partial charge in [-0.15, -0.1) is 11.3 Å². The molecular formula is C17H17N5O2S. The summed E-state index contributed by atoms with van der Waals surface area (Å²) in [5, 5.41) is 6.99. The van der Waals surface area contributed by atoms with Gasteiger partial charge in [0, 0.05) is 55.6 Å². The highest BCUT2D eigenvalue weighted by Gasteiger charge is 2.25. The number of amides is 1. The molecule has 3 aromatic heterocycles. The Bertz CT molecular complexity index is 868. The predicted octanol–water partition coefficient (Wildman–Crippen LogP) is 2.46. The molecule has 7 nitrogen and oxygen atoms in total. The molecule has 8 heteroatoms. The van der Waals surface area contributed by atoms with Crippen LogP contribution in [0.4, 0.5) is 5.13 Å². The number of hydrogen-bond donors (Lipinski definition) is 0. The van der Waals surface area contributed by atoms with Gasteiger partial charge < -0.3 is 14.3 Å². The molecule has 0 N–H and O–H groups in total. The molecule has 0 aliphatic carbocycles. The van der Waals surface area contributed by atoms with E-state index in [4.69, 9.17) is 4.52 Å². The fraction of sp³-hybridized carbons (Fsp3) is 0.294. The predicted molar refractivity (Wildman–Crippen MR) is 94.7 cm³/mol. The highest BCUT2D eigenvalue weighted by molar-refractivity contribution is 7.13. The van der Waals surface area contributed by atoms with Gasteiger partial charge in [-0.05, 0) is 19.1 Å². The van der Waals surface area contributed by atoms with Gasteiger partial charge in [0.2, 0.25) is 0 Å². The first-order valence-electron chi connectivity index (χ1n) is 8.04. The van der Waals surface area contributed by atoms with Crippen molar-refractivity contribution >= 4 is 22.4 Å². The summed E-state index contributed by atoms with van der Waals surface area (Å²) >= 11 is 1.64. The molecular weight excluding hydrogens is 338 g/mol. The number of pyridine rings is 1. The Labute approximate surface area is 148 Å². The average molecular weight is 355 g/mol. The van der Waals surface area contributed by atoms with Gasteiger partial charge in [-0.25, -0.2) is 4.98 Å². The van der Waals surface area contributed by atoms with Gasteiger partial charge in [0.15, 0.2) is 16.6 Å². The van der Waals surface area contributed by atoms with Crippen LogP contribution >= 0.6 is 11.3 Å². The quantitative estimate of drug-likeness (QED) is 0.718. The van der Waals surface area contributed by atoms with Crippen LogP contribution in [0, 0.1) is 6.92 Å². The molecule has 1 amide bonds. The summed E-state index contributed by atoms with van der Waals surface area (Å²) in [6.07, 6.45) is 3.37. The van der Waals surface area contributed by atoms with Crippen molar-refractivity contribution in [1.29, 1.82) is 0 Å². The van der Waals surface area contributed by atoms with E-state index in [0.29, 0.717) is 24.5 Å². The highest BCUT2D eigenvalue weighted by atomic mass is 32.1. The second kappa shape index (κ2) is 6.64. The molecule has 0 bridgehead atoms. The Balaban J connectivity index is 1.42. The zero-order chi connectivity index (χ0) is 17.2. The number of hydrogen-bond acceptors (Lipinski definition) is 7. The van der Waals surface area contributed by atoms with Crippen molar-refractivity contribution in [3.8, 4) is 11.3 Å². The summed E-state index contributed by atoms with van der Waals surface area (Å²) in [7, 11) is 0. The lowest BCUT2D eigenvalue weighted by molar-refractivity contribution is 0.0736. The summed E-state index contributed by atoms with van der Waals surface area (Å²) in [5.41, 5.74) is 2.17. The standard InChI is InChI=1S/C17H17N5O2S/c1-12-11-25-17(19-12)22-7-5-21(6-8-22)16(23)14-9-15(24-20-14)13-3-2-4-18-10-13/h2-4,9-11H,5-8H2,1H3. The minimum Gasteiger partial charge on any atom is -0.355 e. The van der Waals surface area contributed by atoms with Crippen molar-refractivity contribution in [2.75, 3.05) is 31.1 Å². The van der Waals surface area contributed by atoms with E-state index >= 15 is 0 Å². The lowest BCUT2D eigenvalue weighted by Gasteiger charge is -2.34. The van der Waals surface area contributed by atoms with Crippen LogP contribution in [0.3, 0.4) is 0 Å². The summed E-state index contributed by atoms with van der Waals surface area (Å²) < 4.78 is 5.30. The Morgan fingerprint density at radius 2 is 2.12 bits per heavy atom. The fourth-order valence-electron chi connectivity index (χ4n) is 2.77. The number of anilines is 1. The molecule has 0 unspecified atom stereocenters. The van der Waals surface area contributed by atoms with Gasteiger partial charge in [0.25, 0.3) is 5.91 Å². The molecule has 128 valence electrons. The molecule has 1 saturated heterocycles. The number of aromatic nitrogens is 3. The van der Waals surface area contributed by atoms with Crippen LogP contribution in [0.5, 0.6) is 0 Å². The Hall–Kier alpha value is -2.74. The molecule has 0 aromatic carbocycles. The smallest absolute Gasteiger partial charge is 0.276 e. The Morgan fingerprint density at radius 3 is 2.80 bits per heavy atom. The maximum absolute atomic E-state index is 12.6. The van der Waals surface area contributed by atoms with Gasteiger partial charge in [-0.3, -0.25) is 9.78 Å². The highest BCUT2D eigenvalue weighted by Crippen LogP contribution is 2.23. The largest absolute Gasteiger partial charge is 0.355 e. The maximum atomic E-state index is 12.6. The molecule has 0 atom stereocenters. The molecule has 0 spiro atoms. The zero-order valence-electron chi connectivity index (χ0n) is 13.8. The van der Waals surface area contributed by atoms with E-state index in [0.717, 1.165) is 29.5 Å². The maximum Gasteiger partial charge on any atom is 0.276 e. The molecule has 0 saturated carbocycles.